The van der Waals surface area contributed by atoms with Crippen LogP contribution in [-0.4, -0.2) is 41.9 Å². The molecule has 7 heteroatoms. The molecule has 2 aromatic carbocycles. The second-order valence-corrected chi connectivity index (χ2v) is 7.73. The van der Waals surface area contributed by atoms with E-state index >= 15 is 0 Å². The maximum atomic E-state index is 13.6. The fourth-order valence-electron chi connectivity index (χ4n) is 4.01. The zero-order chi connectivity index (χ0) is 22.0. The Bertz CT molecular complexity index is 1130. The summed E-state index contributed by atoms with van der Waals surface area (Å²) in [6.07, 6.45) is 1.15. The van der Waals surface area contributed by atoms with Gasteiger partial charge in [0, 0.05) is 36.2 Å². The maximum Gasteiger partial charge on any atom is 0.254 e. The molecule has 0 aliphatic carbocycles. The molecule has 3 aromatic rings. The number of amides is 2. The van der Waals surface area contributed by atoms with Crippen molar-refractivity contribution >= 4 is 28.4 Å². The van der Waals surface area contributed by atoms with Gasteiger partial charge in [0.25, 0.3) is 5.91 Å². The molecular formula is C24H24FN3O3. The standard InChI is InChI=1S/C24H24FN3O3/c1-15-13-19(18-8-7-17(25)14-21(18)26-15)24(30)28-11-9-16(10-12-28)23(29)27-20-5-3-4-6-22(20)31-2/h3-8,13-14,16H,9-12H2,1-2H3,(H,27,29). The van der Waals surface area contributed by atoms with E-state index in [1.807, 2.05) is 12.1 Å². The van der Waals surface area contributed by atoms with Crippen molar-refractivity contribution in [3.63, 3.8) is 0 Å². The number of carbonyl (C=O) groups excluding carboxylic acids is 2. The molecule has 0 bridgehead atoms. The highest BCUT2D eigenvalue weighted by Gasteiger charge is 2.29. The van der Waals surface area contributed by atoms with Crippen LogP contribution in [0.25, 0.3) is 10.9 Å². The second-order valence-electron chi connectivity index (χ2n) is 7.73. The Morgan fingerprint density at radius 2 is 1.87 bits per heavy atom. The van der Waals surface area contributed by atoms with Gasteiger partial charge in [-0.1, -0.05) is 12.1 Å². The van der Waals surface area contributed by atoms with E-state index < -0.39 is 0 Å². The van der Waals surface area contributed by atoms with Crippen molar-refractivity contribution in [1.29, 1.82) is 0 Å². The van der Waals surface area contributed by atoms with Crippen LogP contribution < -0.4 is 10.1 Å². The zero-order valence-electron chi connectivity index (χ0n) is 17.5. The fourth-order valence-corrected chi connectivity index (χ4v) is 4.01. The maximum absolute atomic E-state index is 13.6. The highest BCUT2D eigenvalue weighted by Crippen LogP contribution is 2.27. The molecule has 1 aliphatic heterocycles. The summed E-state index contributed by atoms with van der Waals surface area (Å²) in [6, 6.07) is 13.3. The van der Waals surface area contributed by atoms with E-state index in [9.17, 15) is 14.0 Å². The molecule has 1 saturated heterocycles. The molecule has 0 atom stereocenters. The number of rotatable bonds is 4. The van der Waals surface area contributed by atoms with E-state index in [0.717, 1.165) is 0 Å². The van der Waals surface area contributed by atoms with Crippen LogP contribution in [0.1, 0.15) is 28.9 Å². The minimum absolute atomic E-state index is 0.0720. The number of pyridine rings is 1. The van der Waals surface area contributed by atoms with Gasteiger partial charge >= 0.3 is 0 Å². The van der Waals surface area contributed by atoms with Crippen molar-refractivity contribution < 1.29 is 18.7 Å². The van der Waals surface area contributed by atoms with Gasteiger partial charge in [0.05, 0.1) is 23.9 Å². The molecule has 1 aliphatic rings. The Morgan fingerprint density at radius 1 is 1.13 bits per heavy atom. The van der Waals surface area contributed by atoms with E-state index in [2.05, 4.69) is 10.3 Å². The van der Waals surface area contributed by atoms with E-state index in [0.29, 0.717) is 59.5 Å². The molecular weight excluding hydrogens is 397 g/mol. The summed E-state index contributed by atoms with van der Waals surface area (Å²) in [5.74, 6) is -0.146. The first-order valence-corrected chi connectivity index (χ1v) is 10.3. The zero-order valence-corrected chi connectivity index (χ0v) is 17.5. The summed E-state index contributed by atoms with van der Waals surface area (Å²) in [4.78, 5) is 32.0. The van der Waals surface area contributed by atoms with Crippen LogP contribution in [0.5, 0.6) is 5.75 Å². The molecule has 160 valence electrons. The van der Waals surface area contributed by atoms with E-state index in [-0.39, 0.29) is 23.5 Å². The predicted molar refractivity (Wildman–Crippen MR) is 117 cm³/mol. The number of carbonyl (C=O) groups is 2. The molecule has 2 amide bonds. The third-order valence-corrected chi connectivity index (χ3v) is 5.65. The van der Waals surface area contributed by atoms with Crippen molar-refractivity contribution in [2.75, 3.05) is 25.5 Å². The van der Waals surface area contributed by atoms with Crippen LogP contribution in [0.4, 0.5) is 10.1 Å². The normalized spacial score (nSPS) is 14.5. The van der Waals surface area contributed by atoms with Gasteiger partial charge in [-0.2, -0.15) is 0 Å². The number of nitrogens with zero attached hydrogens (tertiary/aromatic N) is 2. The Balaban J connectivity index is 1.45. The number of likely N-dealkylation sites (tertiary alicyclic amines) is 1. The molecule has 0 radical (unpaired) electrons. The molecule has 0 saturated carbocycles. The summed E-state index contributed by atoms with van der Waals surface area (Å²) in [5, 5.41) is 3.57. The molecule has 0 spiro atoms. The van der Waals surface area contributed by atoms with Gasteiger partial charge in [-0.05, 0) is 50.1 Å². The summed E-state index contributed by atoms with van der Waals surface area (Å²) < 4.78 is 18.9. The van der Waals surface area contributed by atoms with Gasteiger partial charge in [-0.25, -0.2) is 4.39 Å². The number of hydrogen-bond donors (Lipinski definition) is 1. The summed E-state index contributed by atoms with van der Waals surface area (Å²) in [6.45, 7) is 2.75. The number of hydrogen-bond acceptors (Lipinski definition) is 4. The van der Waals surface area contributed by atoms with Crippen LogP contribution in [-0.2, 0) is 4.79 Å². The number of anilines is 1. The number of aryl methyl sites for hydroxylation is 1. The molecule has 1 aromatic heterocycles. The number of methoxy groups -OCH3 is 1. The topological polar surface area (TPSA) is 71.5 Å². The predicted octanol–water partition coefficient (Wildman–Crippen LogP) is 4.18. The van der Waals surface area contributed by atoms with Gasteiger partial charge in [0.15, 0.2) is 0 Å². The van der Waals surface area contributed by atoms with Crippen molar-refractivity contribution in [1.82, 2.24) is 9.88 Å². The number of ether oxygens (including phenoxy) is 1. The highest BCUT2D eigenvalue weighted by molar-refractivity contribution is 6.06. The smallest absolute Gasteiger partial charge is 0.254 e. The van der Waals surface area contributed by atoms with Crippen molar-refractivity contribution in [3.05, 3.63) is 65.6 Å². The number of piperidine rings is 1. The Kier molecular flexibility index (Phi) is 5.84. The number of aromatic nitrogens is 1. The van der Waals surface area contributed by atoms with E-state index in [1.165, 1.54) is 12.1 Å². The van der Waals surface area contributed by atoms with Crippen molar-refractivity contribution in [3.8, 4) is 5.75 Å². The number of halogens is 1. The number of benzene rings is 2. The lowest BCUT2D eigenvalue weighted by atomic mass is 9.95. The Hall–Kier alpha value is -3.48. The quantitative estimate of drug-likeness (QED) is 0.686. The molecule has 1 N–H and O–H groups in total. The third kappa shape index (κ3) is 4.35. The van der Waals surface area contributed by atoms with Gasteiger partial charge in [0.1, 0.15) is 11.6 Å². The number of para-hydroxylation sites is 2. The van der Waals surface area contributed by atoms with Crippen molar-refractivity contribution in [2.24, 2.45) is 5.92 Å². The number of nitrogens with one attached hydrogen (secondary N) is 1. The summed E-state index contributed by atoms with van der Waals surface area (Å²) >= 11 is 0. The van der Waals surface area contributed by atoms with Crippen LogP contribution in [0.2, 0.25) is 0 Å². The minimum atomic E-state index is -0.383. The molecule has 1 fully saturated rings. The van der Waals surface area contributed by atoms with Gasteiger partial charge in [-0.15, -0.1) is 0 Å². The van der Waals surface area contributed by atoms with Crippen LogP contribution in [0.3, 0.4) is 0 Å². The molecule has 4 rings (SSSR count). The first kappa shape index (κ1) is 20.8. The van der Waals surface area contributed by atoms with E-state index in [4.69, 9.17) is 4.74 Å². The Morgan fingerprint density at radius 3 is 2.61 bits per heavy atom. The minimum Gasteiger partial charge on any atom is -0.495 e. The Labute approximate surface area is 180 Å². The second kappa shape index (κ2) is 8.71. The summed E-state index contributed by atoms with van der Waals surface area (Å²) in [7, 11) is 1.56. The molecule has 2 heterocycles. The fraction of sp³-hybridized carbons (Fsp3) is 0.292. The first-order chi connectivity index (χ1) is 15.0. The van der Waals surface area contributed by atoms with Gasteiger partial charge in [0.2, 0.25) is 5.91 Å². The lowest BCUT2D eigenvalue weighted by molar-refractivity contribution is -0.121. The molecule has 0 unspecified atom stereocenters. The SMILES string of the molecule is COc1ccccc1NC(=O)C1CCN(C(=O)c2cc(C)nc3cc(F)ccc23)CC1. The van der Waals surface area contributed by atoms with Gasteiger partial charge < -0.3 is 15.0 Å². The van der Waals surface area contributed by atoms with Crippen LogP contribution >= 0.6 is 0 Å². The third-order valence-electron chi connectivity index (χ3n) is 5.65. The largest absolute Gasteiger partial charge is 0.495 e. The van der Waals surface area contributed by atoms with Crippen LogP contribution in [0.15, 0.2) is 48.5 Å². The number of fused-ring (bicyclic) bond motifs is 1. The molecule has 6 nitrogen and oxygen atoms in total. The summed E-state index contributed by atoms with van der Waals surface area (Å²) in [5.41, 5.74) is 2.28. The molecule has 31 heavy (non-hydrogen) atoms. The first-order valence-electron chi connectivity index (χ1n) is 10.3. The van der Waals surface area contributed by atoms with Crippen molar-refractivity contribution in [2.45, 2.75) is 19.8 Å². The van der Waals surface area contributed by atoms with Crippen LogP contribution in [0, 0.1) is 18.7 Å². The van der Waals surface area contributed by atoms with E-state index in [1.54, 1.807) is 43.2 Å². The monoisotopic (exact) mass is 421 g/mol. The van der Waals surface area contributed by atoms with Gasteiger partial charge in [-0.3, -0.25) is 14.6 Å². The lowest BCUT2D eigenvalue weighted by Crippen LogP contribution is -2.41. The highest BCUT2D eigenvalue weighted by atomic mass is 19.1. The lowest BCUT2D eigenvalue weighted by Gasteiger charge is -2.31. The average molecular weight is 421 g/mol. The average Bonchev–Trinajstić information content (AvgIpc) is 2.78.